The van der Waals surface area contributed by atoms with Crippen molar-refractivity contribution in [2.45, 2.75) is 19.8 Å². The molecule has 78 valence electrons. The largest absolute Gasteiger partial charge is 2.00 e. The third-order valence-electron chi connectivity index (χ3n) is 1.18. The zero-order valence-electron chi connectivity index (χ0n) is 8.78. The Balaban J connectivity index is -0.0000000712. The van der Waals surface area contributed by atoms with Crippen molar-refractivity contribution < 1.29 is 21.0 Å². The van der Waals surface area contributed by atoms with Crippen molar-refractivity contribution in [2.75, 3.05) is 27.7 Å². The molecule has 3 nitrogen and oxygen atoms in total. The van der Waals surface area contributed by atoms with Crippen LogP contribution < -0.4 is 0 Å². The molecule has 0 rings (SSSR count). The Bertz CT molecular complexity index is 107. The van der Waals surface area contributed by atoms with Gasteiger partial charge in [0.25, 0.3) is 0 Å². The quantitative estimate of drug-likeness (QED) is 0.418. The van der Waals surface area contributed by atoms with Crippen LogP contribution in [-0.2, 0) is 16.5 Å². The van der Waals surface area contributed by atoms with E-state index in [4.69, 9.17) is 23.7 Å². The molecule has 0 N–H and O–H groups in total. The molecular weight excluding hydrogens is 209 g/mol. The van der Waals surface area contributed by atoms with E-state index >= 15 is 0 Å². The maximum Gasteiger partial charge on any atom is 2.00 e. The van der Waals surface area contributed by atoms with Gasteiger partial charge in [0.05, 0.1) is 27.7 Å². The average Bonchev–Trinajstić information content (AvgIpc) is 2.07. The summed E-state index contributed by atoms with van der Waals surface area (Å²) < 4.78 is 1.10. The van der Waals surface area contributed by atoms with Gasteiger partial charge in [-0.25, -0.2) is 0 Å². The van der Waals surface area contributed by atoms with E-state index in [1.54, 1.807) is 0 Å². The van der Waals surface area contributed by atoms with Crippen molar-refractivity contribution >= 4 is 0 Å². The smallest absolute Gasteiger partial charge is 0.512 e. The number of rotatable bonds is 3. The molecule has 0 fully saturated rings. The molecule has 13 heavy (non-hydrogen) atoms. The van der Waals surface area contributed by atoms with E-state index in [0.717, 1.165) is 4.48 Å². The maximum absolute atomic E-state index is 6.25. The van der Waals surface area contributed by atoms with Gasteiger partial charge in [0.2, 0.25) is 0 Å². The summed E-state index contributed by atoms with van der Waals surface area (Å²) in [5, 5.41) is 12.5. The third kappa shape index (κ3) is 51.8. The minimum atomic E-state index is 0. The van der Waals surface area contributed by atoms with E-state index in [-0.39, 0.29) is 16.5 Å². The Hall–Kier alpha value is -0.566. The van der Waals surface area contributed by atoms with E-state index < -0.39 is 0 Å². The van der Waals surface area contributed by atoms with E-state index in [1.807, 2.05) is 0 Å². The second kappa shape index (κ2) is 17.5. The minimum absolute atomic E-state index is 0. The molecule has 0 aromatic rings. The second-order valence-electron chi connectivity index (χ2n) is 3.37. The SMILES string of the molecule is CCCC[N+](C)(C)C.[C-]#N.[C-]#N.[Ni+2]. The van der Waals surface area contributed by atoms with Crippen molar-refractivity contribution in [3.05, 3.63) is 13.1 Å². The Kier molecular flexibility index (Phi) is 30.8. The minimum Gasteiger partial charge on any atom is -0.512 e. The van der Waals surface area contributed by atoms with E-state index in [9.17, 15) is 0 Å². The summed E-state index contributed by atoms with van der Waals surface area (Å²) in [4.78, 5) is 0. The first-order valence-corrected chi connectivity index (χ1v) is 3.81. The molecule has 0 saturated heterocycles. The summed E-state index contributed by atoms with van der Waals surface area (Å²) in [6, 6.07) is 0. The Morgan fingerprint density at radius 2 is 1.31 bits per heavy atom. The number of nitrogens with zero attached hydrogens (tertiary/aromatic N) is 3. The number of unbranched alkanes of at least 4 members (excludes halogenated alkanes) is 1. The first-order chi connectivity index (χ1) is 5.56. The van der Waals surface area contributed by atoms with Gasteiger partial charge < -0.3 is 28.2 Å². The normalized spacial score (nSPS) is 7.69. The van der Waals surface area contributed by atoms with Gasteiger partial charge in [-0.2, -0.15) is 0 Å². The van der Waals surface area contributed by atoms with Crippen molar-refractivity contribution in [1.29, 1.82) is 10.5 Å². The van der Waals surface area contributed by atoms with Crippen LogP contribution in [0.2, 0.25) is 0 Å². The zero-order valence-corrected chi connectivity index (χ0v) is 9.77. The molecule has 0 bridgehead atoms. The van der Waals surface area contributed by atoms with Gasteiger partial charge in [-0.1, -0.05) is 13.3 Å². The summed E-state index contributed by atoms with van der Waals surface area (Å²) >= 11 is 0. The number of quaternary nitrogens is 1. The van der Waals surface area contributed by atoms with Crippen LogP contribution in [0.1, 0.15) is 19.8 Å². The fraction of sp³-hybridized carbons (Fsp3) is 0.778. The molecule has 0 saturated carbocycles. The molecule has 0 atom stereocenters. The fourth-order valence-corrected chi connectivity index (χ4v) is 0.632. The molecule has 0 spiro atoms. The molecule has 0 aliphatic heterocycles. The molecule has 0 aromatic carbocycles. The first-order valence-electron chi connectivity index (χ1n) is 3.81. The molecule has 0 amide bonds. The van der Waals surface area contributed by atoms with Crippen LogP contribution in [-0.4, -0.2) is 32.2 Å². The van der Waals surface area contributed by atoms with Crippen LogP contribution in [0.15, 0.2) is 0 Å². The van der Waals surface area contributed by atoms with Crippen LogP contribution in [0.4, 0.5) is 0 Å². The average molecular weight is 227 g/mol. The Labute approximate surface area is 92.5 Å². The molecule has 0 aliphatic rings. The van der Waals surface area contributed by atoms with Crippen molar-refractivity contribution in [1.82, 2.24) is 0 Å². The number of hydrogen-bond acceptors (Lipinski definition) is 2. The van der Waals surface area contributed by atoms with Crippen molar-refractivity contribution in [3.63, 3.8) is 0 Å². The van der Waals surface area contributed by atoms with Gasteiger partial charge in [0.15, 0.2) is 0 Å². The molecule has 0 heterocycles. The summed E-state index contributed by atoms with van der Waals surface area (Å²) in [6.07, 6.45) is 2.67. The molecule has 0 unspecified atom stereocenters. The van der Waals surface area contributed by atoms with Gasteiger partial charge in [0.1, 0.15) is 0 Å². The summed E-state index contributed by atoms with van der Waals surface area (Å²) in [5.41, 5.74) is 0. The van der Waals surface area contributed by atoms with Crippen LogP contribution in [0.3, 0.4) is 0 Å². The van der Waals surface area contributed by atoms with Crippen LogP contribution >= 0.6 is 0 Å². The predicted octanol–water partition coefficient (Wildman–Crippen LogP) is 1.68. The Morgan fingerprint density at radius 3 is 1.38 bits per heavy atom. The van der Waals surface area contributed by atoms with Gasteiger partial charge in [-0.05, 0) is 6.42 Å². The van der Waals surface area contributed by atoms with E-state index in [0.29, 0.717) is 0 Å². The van der Waals surface area contributed by atoms with Crippen LogP contribution in [0.5, 0.6) is 0 Å². The molecule has 0 radical (unpaired) electrons. The van der Waals surface area contributed by atoms with Gasteiger partial charge in [-0.15, -0.1) is 0 Å². The van der Waals surface area contributed by atoms with Crippen molar-refractivity contribution in [3.8, 4) is 0 Å². The molecule has 0 aliphatic carbocycles. The zero-order chi connectivity index (χ0) is 10.6. The predicted molar refractivity (Wildman–Crippen MR) is 47.7 cm³/mol. The fourth-order valence-electron chi connectivity index (χ4n) is 0.632. The summed E-state index contributed by atoms with van der Waals surface area (Å²) in [7, 11) is 6.70. The van der Waals surface area contributed by atoms with E-state index in [2.05, 4.69) is 28.1 Å². The molecule has 0 aromatic heterocycles. The second-order valence-corrected chi connectivity index (χ2v) is 3.37. The standard InChI is InChI=1S/C7H18N.2CN.Ni/c1-5-6-7-8(2,3)4;2*1-2;/h5-7H2,1-4H3;;;/q+1;2*-1;+2. The number of hydrogen-bond donors (Lipinski definition) is 0. The Morgan fingerprint density at radius 1 is 1.00 bits per heavy atom. The first kappa shape index (κ1) is 22.9. The third-order valence-corrected chi connectivity index (χ3v) is 1.18. The molecular formula is C9H18N3Ni+. The van der Waals surface area contributed by atoms with Crippen LogP contribution in [0, 0.1) is 23.7 Å². The van der Waals surface area contributed by atoms with Crippen molar-refractivity contribution in [2.24, 2.45) is 0 Å². The summed E-state index contributed by atoms with van der Waals surface area (Å²) in [6.45, 7) is 13.0. The van der Waals surface area contributed by atoms with Crippen LogP contribution in [0.25, 0.3) is 0 Å². The molecule has 4 heteroatoms. The van der Waals surface area contributed by atoms with E-state index in [1.165, 1.54) is 19.4 Å². The van der Waals surface area contributed by atoms with Gasteiger partial charge in [-0.3, -0.25) is 0 Å². The monoisotopic (exact) mass is 226 g/mol. The van der Waals surface area contributed by atoms with Gasteiger partial charge >= 0.3 is 16.5 Å². The summed E-state index contributed by atoms with van der Waals surface area (Å²) in [5.74, 6) is 0. The van der Waals surface area contributed by atoms with Gasteiger partial charge in [0, 0.05) is 0 Å². The maximum atomic E-state index is 6.25. The topological polar surface area (TPSA) is 47.6 Å².